The summed E-state index contributed by atoms with van der Waals surface area (Å²) >= 11 is 0. The minimum Gasteiger partial charge on any atom is -0.443 e. The van der Waals surface area contributed by atoms with Gasteiger partial charge in [-0.05, 0) is 59.8 Å². The molecule has 15 heteroatoms. The number of rotatable bonds is 21. The van der Waals surface area contributed by atoms with Crippen molar-refractivity contribution in [1.82, 2.24) is 32.1 Å². The zero-order valence-corrected chi connectivity index (χ0v) is 28.5. The number of hydrogen-bond acceptors (Lipinski definition) is 11. The number of ether oxygens (including phenoxy) is 4. The van der Waals surface area contributed by atoms with Crippen LogP contribution >= 0.6 is 0 Å². The van der Waals surface area contributed by atoms with Crippen molar-refractivity contribution in [2.75, 3.05) is 53.0 Å². The summed E-state index contributed by atoms with van der Waals surface area (Å²) in [6.07, 6.45) is 6.70. The van der Waals surface area contributed by atoms with E-state index in [0.717, 1.165) is 38.5 Å². The first-order chi connectivity index (χ1) is 22.4. The molecule has 3 rings (SSSR count). The number of Topliss-reactive ketones (excluding diaryl/α,β-unsaturated/α-hetero) is 1. The van der Waals surface area contributed by atoms with E-state index in [0.29, 0.717) is 26.1 Å². The smallest absolute Gasteiger partial charge is 0.407 e. The van der Waals surface area contributed by atoms with E-state index in [2.05, 4.69) is 59.0 Å². The van der Waals surface area contributed by atoms with Gasteiger partial charge in [0.2, 0.25) is 17.7 Å². The summed E-state index contributed by atoms with van der Waals surface area (Å²) in [5.41, 5.74) is 5.73. The Kier molecular flexibility index (Phi) is 15.0. The topological polar surface area (TPSA) is 201 Å². The van der Waals surface area contributed by atoms with Crippen LogP contribution in [0, 0.1) is 5.92 Å². The van der Waals surface area contributed by atoms with Gasteiger partial charge in [0.1, 0.15) is 29.2 Å². The van der Waals surface area contributed by atoms with Crippen molar-refractivity contribution in [3.05, 3.63) is 11.6 Å². The molecule has 0 radical (unpaired) electrons. The molecule has 47 heavy (non-hydrogen) atoms. The fraction of sp³-hybridized carbons (Fsp3) is 0.781. The van der Waals surface area contributed by atoms with E-state index >= 15 is 0 Å². The molecule has 3 aliphatic rings. The van der Waals surface area contributed by atoms with Crippen molar-refractivity contribution < 1.29 is 42.9 Å². The summed E-state index contributed by atoms with van der Waals surface area (Å²) in [4.78, 5) is 58.7. The number of carbonyl (C=O) groups excluding carboxylic acids is 5. The molecule has 2 aliphatic heterocycles. The van der Waals surface area contributed by atoms with E-state index in [4.69, 9.17) is 18.9 Å². The maximum atomic E-state index is 12.7. The number of carbonyl (C=O) groups is 5. The van der Waals surface area contributed by atoms with Gasteiger partial charge in [0.05, 0.1) is 44.8 Å². The number of nitrogens with one attached hydrogen (secondary N) is 6. The summed E-state index contributed by atoms with van der Waals surface area (Å²) in [6, 6.07) is 0. The van der Waals surface area contributed by atoms with E-state index < -0.39 is 12.0 Å². The standard InChI is InChI=1S/C32H54N6O9/c1-21(2)10-11-24-31(4,47-24)29-28(44-5)23(12-13-32(29)20-45-32)46-30(43)34-15-9-7-6-8-14-33-25(40)17-36-27(42)19-38-37-18-26(41)35-16-22(3)39/h10,23-24,28-29,37-38H,6-9,11-20H2,1-5H3,(H,33,40)(H,34,43)(H,35,41)(H,36,42)/t23?,24-,28?,29?,31?,32+/m1/s1. The fourth-order valence-electron chi connectivity index (χ4n) is 6.15. The Morgan fingerprint density at radius 1 is 0.830 bits per heavy atom. The predicted molar refractivity (Wildman–Crippen MR) is 172 cm³/mol. The number of epoxide rings is 2. The van der Waals surface area contributed by atoms with Crippen LogP contribution in [0.1, 0.15) is 72.6 Å². The van der Waals surface area contributed by atoms with E-state index in [1.165, 1.54) is 12.5 Å². The van der Waals surface area contributed by atoms with E-state index in [9.17, 15) is 24.0 Å². The lowest BCUT2D eigenvalue weighted by Gasteiger charge is -2.42. The number of methoxy groups -OCH3 is 1. The summed E-state index contributed by atoms with van der Waals surface area (Å²) in [6.45, 7) is 8.82. The lowest BCUT2D eigenvalue weighted by Crippen LogP contribution is -2.56. The molecule has 0 bridgehead atoms. The lowest BCUT2D eigenvalue weighted by molar-refractivity contribution is -0.126. The highest BCUT2D eigenvalue weighted by molar-refractivity contribution is 5.86. The van der Waals surface area contributed by atoms with E-state index in [1.54, 1.807) is 7.11 Å². The molecule has 4 unspecified atom stereocenters. The number of hydrogen-bond donors (Lipinski definition) is 6. The van der Waals surface area contributed by atoms with Crippen LogP contribution in [-0.4, -0.2) is 112 Å². The highest BCUT2D eigenvalue weighted by atomic mass is 16.6. The lowest BCUT2D eigenvalue weighted by atomic mass is 9.68. The first kappa shape index (κ1) is 38.3. The fourth-order valence-corrected chi connectivity index (χ4v) is 6.15. The Morgan fingerprint density at radius 2 is 1.43 bits per heavy atom. The molecule has 15 nitrogen and oxygen atoms in total. The summed E-state index contributed by atoms with van der Waals surface area (Å²) in [5, 5.41) is 10.5. The average molecular weight is 667 g/mol. The van der Waals surface area contributed by atoms with Crippen LogP contribution in [0.5, 0.6) is 0 Å². The Morgan fingerprint density at radius 3 is 2.00 bits per heavy atom. The average Bonchev–Trinajstić information content (AvgIpc) is 3.94. The first-order valence-corrected chi connectivity index (χ1v) is 16.6. The van der Waals surface area contributed by atoms with Crippen molar-refractivity contribution in [1.29, 1.82) is 0 Å². The SMILES string of the molecule is COC1C(OC(=O)NCCCCCCNC(=O)CNC(=O)CNNCC(=O)NCC(C)=O)CC[C@]2(CO2)C1C1(C)O[C@@H]1CC=C(C)C. The molecule has 0 aromatic rings. The van der Waals surface area contributed by atoms with Crippen LogP contribution in [0.3, 0.4) is 0 Å². The molecular formula is C32H54N6O9. The third-order valence-electron chi connectivity index (χ3n) is 8.79. The predicted octanol–water partition coefficient (Wildman–Crippen LogP) is 0.381. The number of ketones is 1. The Bertz CT molecular complexity index is 1130. The monoisotopic (exact) mass is 666 g/mol. The van der Waals surface area contributed by atoms with Crippen molar-refractivity contribution in [2.45, 2.75) is 102 Å². The van der Waals surface area contributed by atoms with E-state index in [1.807, 2.05) is 0 Å². The molecule has 6 atom stereocenters. The van der Waals surface area contributed by atoms with Crippen molar-refractivity contribution in [3.63, 3.8) is 0 Å². The highest BCUT2D eigenvalue weighted by Gasteiger charge is 2.72. The van der Waals surface area contributed by atoms with Gasteiger partial charge in [0.15, 0.2) is 0 Å². The van der Waals surface area contributed by atoms with Gasteiger partial charge >= 0.3 is 6.09 Å². The third kappa shape index (κ3) is 12.5. The second kappa shape index (κ2) is 18.4. The van der Waals surface area contributed by atoms with Crippen molar-refractivity contribution in [2.24, 2.45) is 5.92 Å². The molecule has 266 valence electrons. The molecular weight excluding hydrogens is 612 g/mol. The molecule has 1 aliphatic carbocycles. The van der Waals surface area contributed by atoms with Crippen LogP contribution in [0.2, 0.25) is 0 Å². The molecule has 0 aromatic heterocycles. The van der Waals surface area contributed by atoms with Gasteiger partial charge in [-0.1, -0.05) is 24.5 Å². The molecule has 3 fully saturated rings. The molecule has 6 N–H and O–H groups in total. The summed E-state index contributed by atoms with van der Waals surface area (Å²) < 4.78 is 24.0. The minimum atomic E-state index is -0.457. The van der Waals surface area contributed by atoms with Gasteiger partial charge in [0, 0.05) is 20.2 Å². The largest absolute Gasteiger partial charge is 0.443 e. The van der Waals surface area contributed by atoms with Gasteiger partial charge in [-0.3, -0.25) is 19.2 Å². The number of allylic oxidation sites excluding steroid dienone is 1. The zero-order chi connectivity index (χ0) is 34.5. The molecule has 4 amide bonds. The maximum absolute atomic E-state index is 12.7. The van der Waals surface area contributed by atoms with Gasteiger partial charge in [-0.15, -0.1) is 0 Å². The molecule has 2 saturated heterocycles. The van der Waals surface area contributed by atoms with Gasteiger partial charge < -0.3 is 40.2 Å². The molecule has 1 spiro atoms. The second-order valence-corrected chi connectivity index (χ2v) is 13.0. The first-order valence-electron chi connectivity index (χ1n) is 16.6. The normalized spacial score (nSPS) is 27.3. The van der Waals surface area contributed by atoms with Gasteiger partial charge in [0.25, 0.3) is 0 Å². The molecule has 2 heterocycles. The second-order valence-electron chi connectivity index (χ2n) is 13.0. The van der Waals surface area contributed by atoms with Crippen molar-refractivity contribution in [3.8, 4) is 0 Å². The molecule has 0 aromatic carbocycles. The number of alkyl carbamates (subject to hydrolysis) is 1. The van der Waals surface area contributed by atoms with Gasteiger partial charge in [-0.2, -0.15) is 0 Å². The highest BCUT2D eigenvalue weighted by Crippen LogP contribution is 2.59. The number of amides is 4. The quantitative estimate of drug-likeness (QED) is 0.0428. The van der Waals surface area contributed by atoms with Gasteiger partial charge in [-0.25, -0.2) is 15.6 Å². The van der Waals surface area contributed by atoms with Crippen LogP contribution in [0.25, 0.3) is 0 Å². The Hall–Kier alpha value is -3.11. The maximum Gasteiger partial charge on any atom is 0.407 e. The Balaban J connectivity index is 1.21. The third-order valence-corrected chi connectivity index (χ3v) is 8.79. The zero-order valence-electron chi connectivity index (χ0n) is 28.5. The van der Waals surface area contributed by atoms with Crippen LogP contribution in [0.4, 0.5) is 4.79 Å². The van der Waals surface area contributed by atoms with Crippen molar-refractivity contribution >= 4 is 29.6 Å². The number of unbranched alkanes of at least 4 members (excludes halogenated alkanes) is 3. The number of hydrazine groups is 1. The van der Waals surface area contributed by atoms with E-state index in [-0.39, 0.29) is 79.2 Å². The Labute approximate surface area is 277 Å². The van der Waals surface area contributed by atoms with Crippen LogP contribution in [0.15, 0.2) is 11.6 Å². The summed E-state index contributed by atoms with van der Waals surface area (Å²) in [5.74, 6) is -1.29. The van der Waals surface area contributed by atoms with Crippen LogP contribution < -0.4 is 32.1 Å². The molecule has 1 saturated carbocycles. The summed E-state index contributed by atoms with van der Waals surface area (Å²) in [7, 11) is 1.66. The van der Waals surface area contributed by atoms with Crippen LogP contribution in [-0.2, 0) is 38.1 Å². The minimum absolute atomic E-state index is 0.0234.